The van der Waals surface area contributed by atoms with Gasteiger partial charge in [-0.25, -0.2) is 9.78 Å². The number of hydrogen-bond acceptors (Lipinski definition) is 5. The van der Waals surface area contributed by atoms with Gasteiger partial charge in [0.15, 0.2) is 0 Å². The molecule has 1 unspecified atom stereocenters. The molecular weight excluding hydrogens is 244 g/mol. The lowest BCUT2D eigenvalue weighted by Gasteiger charge is -2.11. The molecule has 0 aromatic carbocycles. The first kappa shape index (κ1) is 13.5. The molecule has 0 fully saturated rings. The van der Waals surface area contributed by atoms with Gasteiger partial charge in [-0.15, -0.1) is 11.3 Å². The quantitative estimate of drug-likeness (QED) is 0.786. The molecular formula is C10H16N2O2S2. The minimum atomic E-state index is -0.953. The van der Waals surface area contributed by atoms with Crippen molar-refractivity contribution in [3.05, 3.63) is 16.1 Å². The maximum atomic E-state index is 10.6. The van der Waals surface area contributed by atoms with Crippen molar-refractivity contribution in [3.8, 4) is 0 Å². The Balaban J connectivity index is 2.33. The molecule has 0 bridgehead atoms. The SMILES string of the molecule is CCSCC(C)NCc1csc(C(=O)O)n1. The number of hydrogen-bond donors (Lipinski definition) is 2. The van der Waals surface area contributed by atoms with Crippen molar-refractivity contribution in [2.45, 2.75) is 26.4 Å². The highest BCUT2D eigenvalue weighted by molar-refractivity contribution is 7.99. The highest BCUT2D eigenvalue weighted by atomic mass is 32.2. The van der Waals surface area contributed by atoms with Crippen LogP contribution >= 0.6 is 23.1 Å². The van der Waals surface area contributed by atoms with Crippen LogP contribution in [0.25, 0.3) is 0 Å². The molecule has 2 N–H and O–H groups in total. The molecule has 0 saturated carbocycles. The largest absolute Gasteiger partial charge is 0.476 e. The first-order valence-electron chi connectivity index (χ1n) is 5.12. The van der Waals surface area contributed by atoms with Crippen molar-refractivity contribution in [2.75, 3.05) is 11.5 Å². The number of aromatic nitrogens is 1. The van der Waals surface area contributed by atoms with Gasteiger partial charge >= 0.3 is 5.97 Å². The van der Waals surface area contributed by atoms with Crippen LogP contribution in [0.4, 0.5) is 0 Å². The molecule has 1 aromatic rings. The molecule has 4 nitrogen and oxygen atoms in total. The van der Waals surface area contributed by atoms with Crippen LogP contribution in [-0.2, 0) is 6.54 Å². The molecule has 0 aliphatic heterocycles. The van der Waals surface area contributed by atoms with Gasteiger partial charge in [0.2, 0.25) is 5.01 Å². The second-order valence-electron chi connectivity index (χ2n) is 3.39. The maximum Gasteiger partial charge on any atom is 0.365 e. The number of carboxylic acids is 1. The number of thioether (sulfide) groups is 1. The lowest BCUT2D eigenvalue weighted by molar-refractivity contribution is 0.0696. The van der Waals surface area contributed by atoms with E-state index in [1.165, 1.54) is 11.3 Å². The average molecular weight is 260 g/mol. The van der Waals surface area contributed by atoms with Crippen LogP contribution in [0, 0.1) is 0 Å². The van der Waals surface area contributed by atoms with Crippen molar-refractivity contribution in [1.82, 2.24) is 10.3 Å². The van der Waals surface area contributed by atoms with Gasteiger partial charge in [0.1, 0.15) is 0 Å². The zero-order chi connectivity index (χ0) is 12.0. The Morgan fingerprint density at radius 2 is 2.50 bits per heavy atom. The fraction of sp³-hybridized carbons (Fsp3) is 0.600. The number of nitrogens with one attached hydrogen (secondary N) is 1. The van der Waals surface area contributed by atoms with Gasteiger partial charge in [0, 0.05) is 23.7 Å². The summed E-state index contributed by atoms with van der Waals surface area (Å²) in [4.78, 5) is 14.6. The number of carbonyl (C=O) groups is 1. The van der Waals surface area contributed by atoms with Gasteiger partial charge in [-0.05, 0) is 12.7 Å². The Bertz CT molecular complexity index is 341. The Hall–Kier alpha value is -0.590. The van der Waals surface area contributed by atoms with E-state index >= 15 is 0 Å². The molecule has 0 amide bonds. The molecule has 0 aliphatic rings. The Kier molecular flexibility index (Phi) is 5.79. The number of thiazole rings is 1. The van der Waals surface area contributed by atoms with Gasteiger partial charge in [0.25, 0.3) is 0 Å². The summed E-state index contributed by atoms with van der Waals surface area (Å²) in [5.74, 6) is 1.23. The normalized spacial score (nSPS) is 12.6. The first-order valence-corrected chi connectivity index (χ1v) is 7.15. The smallest absolute Gasteiger partial charge is 0.365 e. The zero-order valence-corrected chi connectivity index (χ0v) is 11.0. The van der Waals surface area contributed by atoms with Crippen LogP contribution in [0.3, 0.4) is 0 Å². The zero-order valence-electron chi connectivity index (χ0n) is 9.40. The van der Waals surface area contributed by atoms with E-state index in [9.17, 15) is 4.79 Å². The molecule has 16 heavy (non-hydrogen) atoms. The summed E-state index contributed by atoms with van der Waals surface area (Å²) in [7, 11) is 0. The van der Waals surface area contributed by atoms with Crippen molar-refractivity contribution < 1.29 is 9.90 Å². The highest BCUT2D eigenvalue weighted by Crippen LogP contribution is 2.10. The van der Waals surface area contributed by atoms with Crippen molar-refractivity contribution in [1.29, 1.82) is 0 Å². The van der Waals surface area contributed by atoms with Crippen LogP contribution < -0.4 is 5.32 Å². The molecule has 1 aromatic heterocycles. The van der Waals surface area contributed by atoms with Crippen LogP contribution in [0.15, 0.2) is 5.38 Å². The third-order valence-corrected chi connectivity index (χ3v) is 3.96. The highest BCUT2D eigenvalue weighted by Gasteiger charge is 2.09. The number of nitrogens with zero attached hydrogens (tertiary/aromatic N) is 1. The summed E-state index contributed by atoms with van der Waals surface area (Å²) in [5.41, 5.74) is 0.802. The van der Waals surface area contributed by atoms with E-state index in [-0.39, 0.29) is 5.01 Å². The molecule has 1 atom stereocenters. The predicted octanol–water partition coefficient (Wildman–Crippen LogP) is 2.07. The van der Waals surface area contributed by atoms with Crippen LogP contribution in [0.2, 0.25) is 0 Å². The third-order valence-electron chi connectivity index (χ3n) is 1.94. The molecule has 0 aliphatic carbocycles. The Labute approximate surface area is 103 Å². The maximum absolute atomic E-state index is 10.6. The molecule has 0 spiro atoms. The fourth-order valence-electron chi connectivity index (χ4n) is 1.12. The van der Waals surface area contributed by atoms with Gasteiger partial charge in [-0.1, -0.05) is 6.92 Å². The predicted molar refractivity (Wildman–Crippen MR) is 68.4 cm³/mol. The standard InChI is InChI=1S/C10H16N2O2S2/c1-3-15-5-7(2)11-4-8-6-16-9(12-8)10(13)14/h6-7,11H,3-5H2,1-2H3,(H,13,14). The van der Waals surface area contributed by atoms with Gasteiger partial charge in [0.05, 0.1) is 5.69 Å². The lowest BCUT2D eigenvalue weighted by Crippen LogP contribution is -2.27. The molecule has 1 heterocycles. The van der Waals surface area contributed by atoms with E-state index in [1.807, 2.05) is 11.8 Å². The van der Waals surface area contributed by atoms with E-state index in [2.05, 4.69) is 24.1 Å². The van der Waals surface area contributed by atoms with Crippen molar-refractivity contribution in [3.63, 3.8) is 0 Å². The molecule has 1 rings (SSSR count). The van der Waals surface area contributed by atoms with E-state index in [0.717, 1.165) is 17.2 Å². The summed E-state index contributed by atoms with van der Waals surface area (Å²) in [6.45, 7) is 4.89. The van der Waals surface area contributed by atoms with E-state index in [1.54, 1.807) is 5.38 Å². The van der Waals surface area contributed by atoms with Gasteiger partial charge in [-0.3, -0.25) is 0 Å². The average Bonchev–Trinajstić information content (AvgIpc) is 2.72. The lowest BCUT2D eigenvalue weighted by atomic mass is 10.3. The van der Waals surface area contributed by atoms with Crippen LogP contribution in [0.5, 0.6) is 0 Å². The van der Waals surface area contributed by atoms with Gasteiger partial charge < -0.3 is 10.4 Å². The molecule has 0 saturated heterocycles. The Morgan fingerprint density at radius 1 is 1.75 bits per heavy atom. The minimum Gasteiger partial charge on any atom is -0.476 e. The molecule has 0 radical (unpaired) electrons. The Morgan fingerprint density at radius 3 is 3.06 bits per heavy atom. The number of rotatable bonds is 7. The second-order valence-corrected chi connectivity index (χ2v) is 5.57. The van der Waals surface area contributed by atoms with Crippen molar-refractivity contribution in [2.24, 2.45) is 0 Å². The van der Waals surface area contributed by atoms with Crippen molar-refractivity contribution >= 4 is 29.1 Å². The third kappa shape index (κ3) is 4.51. The topological polar surface area (TPSA) is 62.2 Å². The van der Waals surface area contributed by atoms with E-state index in [4.69, 9.17) is 5.11 Å². The summed E-state index contributed by atoms with van der Waals surface area (Å²) in [5, 5.41) is 14.0. The van der Waals surface area contributed by atoms with E-state index in [0.29, 0.717) is 12.6 Å². The van der Waals surface area contributed by atoms with Crippen LogP contribution in [0.1, 0.15) is 29.3 Å². The molecule has 6 heteroatoms. The summed E-state index contributed by atoms with van der Waals surface area (Å²) in [6.07, 6.45) is 0. The monoisotopic (exact) mass is 260 g/mol. The fourth-order valence-corrected chi connectivity index (χ4v) is 2.48. The summed E-state index contributed by atoms with van der Waals surface area (Å²) in [6, 6.07) is 0.417. The summed E-state index contributed by atoms with van der Waals surface area (Å²) < 4.78 is 0. The number of aromatic carboxylic acids is 1. The first-order chi connectivity index (χ1) is 7.63. The second kappa shape index (κ2) is 6.88. The molecule has 90 valence electrons. The van der Waals surface area contributed by atoms with E-state index < -0.39 is 5.97 Å². The van der Waals surface area contributed by atoms with Gasteiger partial charge in [-0.2, -0.15) is 11.8 Å². The summed E-state index contributed by atoms with van der Waals surface area (Å²) >= 11 is 3.06. The van der Waals surface area contributed by atoms with Crippen LogP contribution in [-0.4, -0.2) is 33.6 Å². The minimum absolute atomic E-state index is 0.160. The number of carboxylic acid groups (broad SMARTS) is 1.